The van der Waals surface area contributed by atoms with Crippen molar-refractivity contribution in [3.8, 4) is 17.0 Å². The molecule has 7 heteroatoms. The van der Waals surface area contributed by atoms with E-state index in [1.54, 1.807) is 0 Å². The first-order chi connectivity index (χ1) is 10.0. The van der Waals surface area contributed by atoms with Gasteiger partial charge in [0.2, 0.25) is 0 Å². The fraction of sp³-hybridized carbons (Fsp3) is 0.286. The SMILES string of the molecule is CN1CC(Oc2ccc(-c3cc(C(=O)O)[nH]n3)cc2Br)C1. The molecule has 1 aliphatic heterocycles. The van der Waals surface area contributed by atoms with Crippen molar-refractivity contribution in [3.63, 3.8) is 0 Å². The first-order valence-corrected chi connectivity index (χ1v) is 7.26. The molecular weight excluding hydrogens is 338 g/mol. The van der Waals surface area contributed by atoms with E-state index in [4.69, 9.17) is 9.84 Å². The lowest BCUT2D eigenvalue weighted by Gasteiger charge is -2.36. The van der Waals surface area contributed by atoms with Gasteiger partial charge in [-0.1, -0.05) is 0 Å². The highest BCUT2D eigenvalue weighted by molar-refractivity contribution is 9.10. The molecule has 2 N–H and O–H groups in total. The normalized spacial score (nSPS) is 15.7. The van der Waals surface area contributed by atoms with Gasteiger partial charge in [0.1, 0.15) is 17.5 Å². The third-order valence-corrected chi connectivity index (χ3v) is 3.98. The first-order valence-electron chi connectivity index (χ1n) is 6.47. The number of nitrogens with one attached hydrogen (secondary N) is 1. The molecular formula is C14H14BrN3O3. The summed E-state index contributed by atoms with van der Waals surface area (Å²) in [4.78, 5) is 13.0. The summed E-state index contributed by atoms with van der Waals surface area (Å²) in [7, 11) is 2.05. The summed E-state index contributed by atoms with van der Waals surface area (Å²) in [6.45, 7) is 1.85. The Kier molecular flexibility index (Phi) is 3.69. The number of ether oxygens (including phenoxy) is 1. The molecule has 1 aromatic carbocycles. The summed E-state index contributed by atoms with van der Waals surface area (Å²) in [5, 5.41) is 15.4. The van der Waals surface area contributed by atoms with E-state index in [1.807, 2.05) is 18.2 Å². The fourth-order valence-electron chi connectivity index (χ4n) is 2.23. The number of hydrogen-bond acceptors (Lipinski definition) is 4. The van der Waals surface area contributed by atoms with Gasteiger partial charge >= 0.3 is 5.97 Å². The zero-order valence-corrected chi connectivity index (χ0v) is 12.9. The molecule has 2 aromatic rings. The van der Waals surface area contributed by atoms with Crippen LogP contribution >= 0.6 is 15.9 Å². The number of halogens is 1. The highest BCUT2D eigenvalue weighted by Crippen LogP contribution is 2.31. The Labute approximate surface area is 129 Å². The quantitative estimate of drug-likeness (QED) is 0.882. The van der Waals surface area contributed by atoms with Crippen LogP contribution in [0.1, 0.15) is 10.5 Å². The number of nitrogens with zero attached hydrogens (tertiary/aromatic N) is 2. The first kappa shape index (κ1) is 14.1. The Morgan fingerprint density at radius 2 is 2.24 bits per heavy atom. The molecule has 1 fully saturated rings. The Hall–Kier alpha value is -1.86. The molecule has 21 heavy (non-hydrogen) atoms. The fourth-order valence-corrected chi connectivity index (χ4v) is 2.70. The van der Waals surface area contributed by atoms with Gasteiger partial charge in [-0.05, 0) is 47.2 Å². The van der Waals surface area contributed by atoms with E-state index in [9.17, 15) is 4.79 Å². The molecule has 1 aliphatic rings. The lowest BCUT2D eigenvalue weighted by molar-refractivity contribution is 0.0383. The highest BCUT2D eigenvalue weighted by atomic mass is 79.9. The molecule has 1 saturated heterocycles. The Balaban J connectivity index is 1.78. The number of carbonyl (C=O) groups is 1. The van der Waals surface area contributed by atoms with Gasteiger partial charge in [0.25, 0.3) is 0 Å². The molecule has 6 nitrogen and oxygen atoms in total. The Morgan fingerprint density at radius 3 is 2.81 bits per heavy atom. The van der Waals surface area contributed by atoms with Crippen LogP contribution in [0.5, 0.6) is 5.75 Å². The zero-order valence-electron chi connectivity index (χ0n) is 11.3. The van der Waals surface area contributed by atoms with Crippen molar-refractivity contribution in [2.75, 3.05) is 20.1 Å². The molecule has 3 rings (SSSR count). The number of likely N-dealkylation sites (N-methyl/N-ethyl adjacent to an activating group) is 1. The average Bonchev–Trinajstić information content (AvgIpc) is 2.89. The Bertz CT molecular complexity index is 680. The van der Waals surface area contributed by atoms with E-state index in [-0.39, 0.29) is 11.8 Å². The summed E-state index contributed by atoms with van der Waals surface area (Å²) in [5.74, 6) is -0.243. The van der Waals surface area contributed by atoms with Gasteiger partial charge in [-0.2, -0.15) is 5.10 Å². The number of aromatic carboxylic acids is 1. The monoisotopic (exact) mass is 351 g/mol. The number of H-pyrrole nitrogens is 1. The lowest BCUT2D eigenvalue weighted by Crippen LogP contribution is -2.51. The molecule has 0 spiro atoms. The van der Waals surface area contributed by atoms with Crippen molar-refractivity contribution in [2.24, 2.45) is 0 Å². The van der Waals surface area contributed by atoms with Crippen LogP contribution in [0, 0.1) is 0 Å². The van der Waals surface area contributed by atoms with Crippen molar-refractivity contribution in [2.45, 2.75) is 6.10 Å². The lowest BCUT2D eigenvalue weighted by atomic mass is 10.1. The number of aromatic amines is 1. The molecule has 0 unspecified atom stereocenters. The predicted octanol–water partition coefficient (Wildman–Crippen LogP) is 2.23. The van der Waals surface area contributed by atoms with Crippen molar-refractivity contribution >= 4 is 21.9 Å². The van der Waals surface area contributed by atoms with Crippen LogP contribution in [0.4, 0.5) is 0 Å². The van der Waals surface area contributed by atoms with Gasteiger partial charge < -0.3 is 9.84 Å². The summed E-state index contributed by atoms with van der Waals surface area (Å²) in [6.07, 6.45) is 0.223. The van der Waals surface area contributed by atoms with Crippen LogP contribution in [-0.4, -0.2) is 52.4 Å². The minimum absolute atomic E-state index is 0.0685. The number of likely N-dealkylation sites (tertiary alicyclic amines) is 1. The topological polar surface area (TPSA) is 78.5 Å². The van der Waals surface area contributed by atoms with Gasteiger partial charge in [-0.3, -0.25) is 10.00 Å². The van der Waals surface area contributed by atoms with E-state index in [2.05, 4.69) is 38.1 Å². The maximum absolute atomic E-state index is 10.8. The number of carboxylic acid groups (broad SMARTS) is 1. The van der Waals surface area contributed by atoms with Gasteiger partial charge in [0.05, 0.1) is 10.2 Å². The average molecular weight is 352 g/mol. The van der Waals surface area contributed by atoms with Crippen LogP contribution in [0.3, 0.4) is 0 Å². The molecule has 0 bridgehead atoms. The smallest absolute Gasteiger partial charge is 0.353 e. The van der Waals surface area contributed by atoms with E-state index >= 15 is 0 Å². The number of hydrogen-bond donors (Lipinski definition) is 2. The molecule has 0 atom stereocenters. The van der Waals surface area contributed by atoms with Gasteiger partial charge in [-0.15, -0.1) is 0 Å². The van der Waals surface area contributed by atoms with Crippen molar-refractivity contribution in [3.05, 3.63) is 34.4 Å². The largest absolute Gasteiger partial charge is 0.487 e. The van der Waals surface area contributed by atoms with Crippen molar-refractivity contribution in [1.29, 1.82) is 0 Å². The molecule has 0 saturated carbocycles. The maximum Gasteiger partial charge on any atom is 0.353 e. The summed E-state index contributed by atoms with van der Waals surface area (Å²) < 4.78 is 6.70. The summed E-state index contributed by atoms with van der Waals surface area (Å²) >= 11 is 3.48. The number of benzene rings is 1. The van der Waals surface area contributed by atoms with Crippen LogP contribution in [0.15, 0.2) is 28.7 Å². The third kappa shape index (κ3) is 2.93. The third-order valence-electron chi connectivity index (χ3n) is 3.36. The summed E-state index contributed by atoms with van der Waals surface area (Å²) in [6, 6.07) is 7.11. The molecule has 110 valence electrons. The number of carboxylic acids is 1. The van der Waals surface area contributed by atoms with E-state index in [0.29, 0.717) is 5.69 Å². The van der Waals surface area contributed by atoms with Crippen molar-refractivity contribution < 1.29 is 14.6 Å². The number of rotatable bonds is 4. The van der Waals surface area contributed by atoms with Gasteiger partial charge in [0, 0.05) is 18.7 Å². The molecule has 2 heterocycles. The standard InChI is InChI=1S/C14H14BrN3O3/c1-18-6-9(7-18)21-13-3-2-8(4-10(13)15)11-5-12(14(19)20)17-16-11/h2-5,9H,6-7H2,1H3,(H,16,17)(H,19,20). The van der Waals surface area contributed by atoms with E-state index in [0.717, 1.165) is 28.9 Å². The molecule has 0 radical (unpaired) electrons. The van der Waals surface area contributed by atoms with Crippen LogP contribution < -0.4 is 4.74 Å². The van der Waals surface area contributed by atoms with Crippen LogP contribution in [-0.2, 0) is 0 Å². The molecule has 0 aliphatic carbocycles. The highest BCUT2D eigenvalue weighted by Gasteiger charge is 2.25. The zero-order chi connectivity index (χ0) is 15.0. The molecule has 1 aromatic heterocycles. The molecule has 0 amide bonds. The van der Waals surface area contributed by atoms with Gasteiger partial charge in [-0.25, -0.2) is 4.79 Å². The van der Waals surface area contributed by atoms with Crippen LogP contribution in [0.2, 0.25) is 0 Å². The second-order valence-corrected chi connectivity index (χ2v) is 5.93. The second kappa shape index (κ2) is 5.50. The second-order valence-electron chi connectivity index (χ2n) is 5.08. The van der Waals surface area contributed by atoms with Crippen LogP contribution in [0.25, 0.3) is 11.3 Å². The number of aromatic nitrogens is 2. The van der Waals surface area contributed by atoms with Gasteiger partial charge in [0.15, 0.2) is 0 Å². The van der Waals surface area contributed by atoms with Crippen molar-refractivity contribution in [1.82, 2.24) is 15.1 Å². The maximum atomic E-state index is 10.8. The minimum atomic E-state index is -1.03. The summed E-state index contributed by atoms with van der Waals surface area (Å²) in [5.41, 5.74) is 1.48. The Morgan fingerprint density at radius 1 is 1.48 bits per heavy atom. The van der Waals surface area contributed by atoms with E-state index in [1.165, 1.54) is 6.07 Å². The minimum Gasteiger partial charge on any atom is -0.487 e. The predicted molar refractivity (Wildman–Crippen MR) is 80.6 cm³/mol. The van der Waals surface area contributed by atoms with E-state index < -0.39 is 5.97 Å².